The van der Waals surface area contributed by atoms with E-state index in [9.17, 15) is 9.18 Å². The fraction of sp³-hybridized carbons (Fsp3) is 0. The molecule has 0 spiro atoms. The highest BCUT2D eigenvalue weighted by molar-refractivity contribution is 9.10. The molecule has 1 nitrogen and oxygen atoms in total. The third-order valence-electron chi connectivity index (χ3n) is 2.28. The Kier molecular flexibility index (Phi) is 3.74. The lowest BCUT2D eigenvalue weighted by Gasteiger charge is -2.03. The number of halogens is 3. The van der Waals surface area contributed by atoms with E-state index in [1.165, 1.54) is 12.1 Å². The van der Waals surface area contributed by atoms with E-state index in [4.69, 9.17) is 0 Å². The molecule has 0 aliphatic carbocycles. The first-order valence-corrected chi connectivity index (χ1v) is 6.42. The van der Waals surface area contributed by atoms with Gasteiger partial charge in [0, 0.05) is 14.5 Å². The fourth-order valence-electron chi connectivity index (χ4n) is 1.43. The molecule has 4 heteroatoms. The van der Waals surface area contributed by atoms with Gasteiger partial charge in [0.1, 0.15) is 5.82 Å². The van der Waals surface area contributed by atoms with Crippen LogP contribution in [0.3, 0.4) is 0 Å². The summed E-state index contributed by atoms with van der Waals surface area (Å²) in [7, 11) is 0. The van der Waals surface area contributed by atoms with Crippen LogP contribution in [0.4, 0.5) is 4.39 Å². The molecule has 0 bridgehead atoms. The van der Waals surface area contributed by atoms with Crippen molar-refractivity contribution in [2.75, 3.05) is 0 Å². The van der Waals surface area contributed by atoms with Crippen molar-refractivity contribution in [3.63, 3.8) is 0 Å². The maximum Gasteiger partial charge on any atom is 0.195 e. The second-order valence-electron chi connectivity index (χ2n) is 3.46. The van der Waals surface area contributed by atoms with Gasteiger partial charge in [-0.2, -0.15) is 0 Å². The minimum atomic E-state index is -0.521. The molecule has 0 saturated carbocycles. The van der Waals surface area contributed by atoms with Crippen LogP contribution in [0.1, 0.15) is 15.9 Å². The van der Waals surface area contributed by atoms with E-state index in [2.05, 4.69) is 31.9 Å². The Morgan fingerprint density at radius 3 is 2.12 bits per heavy atom. The molecule has 0 radical (unpaired) electrons. The van der Waals surface area contributed by atoms with Gasteiger partial charge in [-0.3, -0.25) is 4.79 Å². The SMILES string of the molecule is O=C(c1ccc(Br)cc1)c1ccc(Br)cc1F. The van der Waals surface area contributed by atoms with E-state index >= 15 is 0 Å². The summed E-state index contributed by atoms with van der Waals surface area (Å²) in [5.74, 6) is -0.838. The van der Waals surface area contributed by atoms with Crippen molar-refractivity contribution in [1.29, 1.82) is 0 Å². The van der Waals surface area contributed by atoms with Crippen LogP contribution in [-0.4, -0.2) is 5.78 Å². The van der Waals surface area contributed by atoms with Crippen molar-refractivity contribution in [3.8, 4) is 0 Å². The molecule has 17 heavy (non-hydrogen) atoms. The second kappa shape index (κ2) is 5.10. The van der Waals surface area contributed by atoms with Crippen molar-refractivity contribution in [3.05, 3.63) is 68.4 Å². The minimum Gasteiger partial charge on any atom is -0.288 e. The standard InChI is InChI=1S/C13H7Br2FO/c14-9-3-1-8(2-4-9)13(17)11-6-5-10(15)7-12(11)16/h1-7H. The van der Waals surface area contributed by atoms with Crippen molar-refractivity contribution in [2.45, 2.75) is 0 Å². The van der Waals surface area contributed by atoms with Crippen LogP contribution < -0.4 is 0 Å². The quantitative estimate of drug-likeness (QED) is 0.719. The first-order valence-electron chi connectivity index (χ1n) is 4.83. The van der Waals surface area contributed by atoms with Crippen molar-refractivity contribution in [1.82, 2.24) is 0 Å². The van der Waals surface area contributed by atoms with Crippen molar-refractivity contribution in [2.24, 2.45) is 0 Å². The highest BCUT2D eigenvalue weighted by Gasteiger charge is 2.13. The van der Waals surface area contributed by atoms with Gasteiger partial charge < -0.3 is 0 Å². The summed E-state index contributed by atoms with van der Waals surface area (Å²) in [5, 5.41) is 0. The van der Waals surface area contributed by atoms with E-state index in [-0.39, 0.29) is 11.3 Å². The molecule has 0 N–H and O–H groups in total. The van der Waals surface area contributed by atoms with Crippen LogP contribution in [0.15, 0.2) is 51.4 Å². The molecule has 86 valence electrons. The molecule has 0 aliphatic heterocycles. The van der Waals surface area contributed by atoms with Gasteiger partial charge in [0.2, 0.25) is 0 Å². The normalized spacial score (nSPS) is 10.3. The maximum absolute atomic E-state index is 13.6. The third-order valence-corrected chi connectivity index (χ3v) is 3.30. The summed E-state index contributed by atoms with van der Waals surface area (Å²) in [6, 6.07) is 11.2. The Labute approximate surface area is 115 Å². The summed E-state index contributed by atoms with van der Waals surface area (Å²) < 4.78 is 15.1. The average molecular weight is 358 g/mol. The van der Waals surface area contributed by atoms with E-state index in [0.717, 1.165) is 4.47 Å². The average Bonchev–Trinajstić information content (AvgIpc) is 2.29. The first-order chi connectivity index (χ1) is 8.08. The van der Waals surface area contributed by atoms with Gasteiger partial charge in [-0.15, -0.1) is 0 Å². The zero-order valence-electron chi connectivity index (χ0n) is 8.58. The number of carbonyl (C=O) groups excluding carboxylic acids is 1. The molecule has 0 saturated heterocycles. The van der Waals surface area contributed by atoms with Crippen LogP contribution in [0.2, 0.25) is 0 Å². The summed E-state index contributed by atoms with van der Waals surface area (Å²) in [6.07, 6.45) is 0. The number of rotatable bonds is 2. The Morgan fingerprint density at radius 1 is 0.941 bits per heavy atom. The Balaban J connectivity index is 2.40. The highest BCUT2D eigenvalue weighted by atomic mass is 79.9. The monoisotopic (exact) mass is 356 g/mol. The molecule has 0 heterocycles. The van der Waals surface area contributed by atoms with Crippen LogP contribution in [0.25, 0.3) is 0 Å². The van der Waals surface area contributed by atoms with Gasteiger partial charge in [-0.25, -0.2) is 4.39 Å². The topological polar surface area (TPSA) is 17.1 Å². The summed E-state index contributed by atoms with van der Waals surface area (Å²) >= 11 is 6.44. The molecule has 0 unspecified atom stereocenters. The zero-order chi connectivity index (χ0) is 12.4. The first kappa shape index (κ1) is 12.5. The molecule has 0 fully saturated rings. The number of hydrogen-bond acceptors (Lipinski definition) is 1. The second-order valence-corrected chi connectivity index (χ2v) is 5.29. The van der Waals surface area contributed by atoms with E-state index in [1.807, 2.05) is 0 Å². The summed E-state index contributed by atoms with van der Waals surface area (Å²) in [5.41, 5.74) is 0.546. The summed E-state index contributed by atoms with van der Waals surface area (Å²) in [6.45, 7) is 0. The molecule has 2 aromatic rings. The van der Waals surface area contributed by atoms with Crippen molar-refractivity contribution < 1.29 is 9.18 Å². The van der Waals surface area contributed by atoms with E-state index in [0.29, 0.717) is 10.0 Å². The molecule has 2 aromatic carbocycles. The van der Waals surface area contributed by atoms with Crippen LogP contribution >= 0.6 is 31.9 Å². The van der Waals surface area contributed by atoms with Gasteiger partial charge >= 0.3 is 0 Å². The Bertz CT molecular complexity index is 564. The molecular formula is C13H7Br2FO. The van der Waals surface area contributed by atoms with Gasteiger partial charge in [0.15, 0.2) is 5.78 Å². The molecule has 0 amide bonds. The van der Waals surface area contributed by atoms with Crippen LogP contribution in [-0.2, 0) is 0 Å². The number of benzene rings is 2. The zero-order valence-corrected chi connectivity index (χ0v) is 11.8. The lowest BCUT2D eigenvalue weighted by Crippen LogP contribution is -2.03. The number of carbonyl (C=O) groups is 1. The lowest BCUT2D eigenvalue weighted by molar-refractivity contribution is 0.103. The lowest BCUT2D eigenvalue weighted by atomic mass is 10.0. The minimum absolute atomic E-state index is 0.0792. The maximum atomic E-state index is 13.6. The number of ketones is 1. The van der Waals surface area contributed by atoms with Gasteiger partial charge in [-0.1, -0.05) is 31.9 Å². The van der Waals surface area contributed by atoms with Gasteiger partial charge in [-0.05, 0) is 42.5 Å². The predicted octanol–water partition coefficient (Wildman–Crippen LogP) is 4.58. The molecule has 2 rings (SSSR count). The van der Waals surface area contributed by atoms with Crippen LogP contribution in [0.5, 0.6) is 0 Å². The molecule has 0 aromatic heterocycles. The fourth-order valence-corrected chi connectivity index (χ4v) is 2.03. The predicted molar refractivity (Wildman–Crippen MR) is 71.7 cm³/mol. The molecule has 0 aliphatic rings. The summed E-state index contributed by atoms with van der Waals surface area (Å²) in [4.78, 5) is 12.0. The van der Waals surface area contributed by atoms with E-state index in [1.54, 1.807) is 30.3 Å². The molecular weight excluding hydrogens is 351 g/mol. The molecule has 0 atom stereocenters. The van der Waals surface area contributed by atoms with Crippen molar-refractivity contribution >= 4 is 37.6 Å². The van der Waals surface area contributed by atoms with Gasteiger partial charge in [0.05, 0.1) is 5.56 Å². The smallest absolute Gasteiger partial charge is 0.195 e. The Hall–Kier alpha value is -1.00. The van der Waals surface area contributed by atoms with Gasteiger partial charge in [0.25, 0.3) is 0 Å². The third kappa shape index (κ3) is 2.82. The highest BCUT2D eigenvalue weighted by Crippen LogP contribution is 2.19. The largest absolute Gasteiger partial charge is 0.288 e. The van der Waals surface area contributed by atoms with E-state index < -0.39 is 5.82 Å². The van der Waals surface area contributed by atoms with Crippen LogP contribution in [0, 0.1) is 5.82 Å². The number of hydrogen-bond donors (Lipinski definition) is 0. The Morgan fingerprint density at radius 2 is 1.53 bits per heavy atom.